The molecule has 0 radical (unpaired) electrons. The van der Waals surface area contributed by atoms with Crippen LogP contribution in [0, 0.1) is 11.7 Å². The normalized spacial score (nSPS) is 12.1. The van der Waals surface area contributed by atoms with Crippen LogP contribution >= 0.6 is 11.6 Å². The van der Waals surface area contributed by atoms with Crippen LogP contribution in [0.25, 0.3) is 0 Å². The van der Waals surface area contributed by atoms with Crippen molar-refractivity contribution in [2.45, 2.75) is 38.1 Å². The monoisotopic (exact) mass is 322 g/mol. The zero-order valence-corrected chi connectivity index (χ0v) is 13.2. The molecule has 0 aliphatic rings. The van der Waals surface area contributed by atoms with Crippen molar-refractivity contribution in [3.8, 4) is 0 Å². The summed E-state index contributed by atoms with van der Waals surface area (Å²) in [5, 5.41) is -0.133. The van der Waals surface area contributed by atoms with E-state index >= 15 is 0 Å². The minimum atomic E-state index is -3.75. The Bertz CT molecular complexity index is 560. The second-order valence-corrected chi connectivity index (χ2v) is 6.76. The molecule has 0 spiro atoms. The van der Waals surface area contributed by atoms with E-state index < -0.39 is 15.8 Å². The fourth-order valence-corrected chi connectivity index (χ4v) is 3.17. The van der Waals surface area contributed by atoms with E-state index in [2.05, 4.69) is 4.72 Å². The smallest absolute Gasteiger partial charge is 0.240 e. The first-order valence-electron chi connectivity index (χ1n) is 6.53. The third-order valence-electron chi connectivity index (χ3n) is 3.32. The van der Waals surface area contributed by atoms with Gasteiger partial charge >= 0.3 is 0 Å². The van der Waals surface area contributed by atoms with Crippen molar-refractivity contribution in [3.63, 3.8) is 0 Å². The molecule has 0 aliphatic heterocycles. The van der Waals surface area contributed by atoms with Crippen molar-refractivity contribution in [1.29, 1.82) is 0 Å². The number of rotatable bonds is 7. The maximum atomic E-state index is 13.6. The van der Waals surface area contributed by atoms with E-state index in [1.54, 1.807) is 0 Å². The van der Waals surface area contributed by atoms with Gasteiger partial charge in [0, 0.05) is 13.1 Å². The SMILES string of the molecule is CCC(CC)CNS(=O)(=O)c1cc(F)c(Cl)c(CN)c1. The van der Waals surface area contributed by atoms with Gasteiger partial charge in [-0.1, -0.05) is 38.3 Å². The van der Waals surface area contributed by atoms with Crippen molar-refractivity contribution in [2.24, 2.45) is 11.7 Å². The molecule has 0 heterocycles. The Balaban J connectivity index is 3.01. The largest absolute Gasteiger partial charge is 0.326 e. The van der Waals surface area contributed by atoms with Crippen LogP contribution in [0.4, 0.5) is 4.39 Å². The van der Waals surface area contributed by atoms with Crippen molar-refractivity contribution in [3.05, 3.63) is 28.5 Å². The van der Waals surface area contributed by atoms with Crippen LogP contribution in [0.3, 0.4) is 0 Å². The van der Waals surface area contributed by atoms with Crippen LogP contribution in [0.15, 0.2) is 17.0 Å². The fourth-order valence-electron chi connectivity index (χ4n) is 1.81. The number of halogens is 2. The first kappa shape index (κ1) is 17.4. The zero-order chi connectivity index (χ0) is 15.3. The first-order chi connectivity index (χ1) is 9.35. The highest BCUT2D eigenvalue weighted by Crippen LogP contribution is 2.24. The summed E-state index contributed by atoms with van der Waals surface area (Å²) >= 11 is 5.72. The van der Waals surface area contributed by atoms with Crippen molar-refractivity contribution < 1.29 is 12.8 Å². The van der Waals surface area contributed by atoms with Gasteiger partial charge in [-0.15, -0.1) is 0 Å². The standard InChI is InChI=1S/C13H20ClFN2O2S/c1-3-9(4-2)8-17-20(18,19)11-5-10(7-16)13(14)12(15)6-11/h5-6,9,17H,3-4,7-8,16H2,1-2H3. The number of benzene rings is 1. The third-order valence-corrected chi connectivity index (χ3v) is 5.15. The van der Waals surface area contributed by atoms with E-state index in [9.17, 15) is 12.8 Å². The molecule has 0 unspecified atom stereocenters. The molecule has 0 aromatic heterocycles. The van der Waals surface area contributed by atoms with Crippen LogP contribution in [0.1, 0.15) is 32.3 Å². The van der Waals surface area contributed by atoms with Gasteiger partial charge in [-0.2, -0.15) is 0 Å². The van der Waals surface area contributed by atoms with Gasteiger partial charge in [0.1, 0.15) is 5.82 Å². The van der Waals surface area contributed by atoms with E-state index in [4.69, 9.17) is 17.3 Å². The second kappa shape index (κ2) is 7.36. The van der Waals surface area contributed by atoms with Crippen LogP contribution in [0.2, 0.25) is 5.02 Å². The van der Waals surface area contributed by atoms with Crippen LogP contribution < -0.4 is 10.5 Å². The lowest BCUT2D eigenvalue weighted by atomic mass is 10.0. The summed E-state index contributed by atoms with van der Waals surface area (Å²) in [5.74, 6) is -0.520. The van der Waals surface area contributed by atoms with Gasteiger partial charge in [0.15, 0.2) is 0 Å². The highest BCUT2D eigenvalue weighted by Gasteiger charge is 2.19. The summed E-state index contributed by atoms with van der Waals surface area (Å²) < 4.78 is 40.4. The number of hydrogen-bond donors (Lipinski definition) is 2. The molecule has 20 heavy (non-hydrogen) atoms. The van der Waals surface area contributed by atoms with Crippen LogP contribution in [-0.2, 0) is 16.6 Å². The summed E-state index contributed by atoms with van der Waals surface area (Å²) in [4.78, 5) is -0.147. The van der Waals surface area contributed by atoms with Gasteiger partial charge in [0.25, 0.3) is 0 Å². The number of nitrogens with two attached hydrogens (primary N) is 1. The van der Waals surface area contributed by atoms with Gasteiger partial charge in [-0.25, -0.2) is 17.5 Å². The fraction of sp³-hybridized carbons (Fsp3) is 0.538. The lowest BCUT2D eigenvalue weighted by Gasteiger charge is -2.14. The lowest BCUT2D eigenvalue weighted by Crippen LogP contribution is -2.29. The van der Waals surface area contributed by atoms with Crippen molar-refractivity contribution >= 4 is 21.6 Å². The molecule has 0 fully saturated rings. The molecule has 1 aromatic carbocycles. The van der Waals surface area contributed by atoms with Gasteiger partial charge in [-0.3, -0.25) is 0 Å². The van der Waals surface area contributed by atoms with Gasteiger partial charge in [0.2, 0.25) is 10.0 Å². The molecule has 4 nitrogen and oxygen atoms in total. The van der Waals surface area contributed by atoms with E-state index in [0.717, 1.165) is 18.9 Å². The summed E-state index contributed by atoms with van der Waals surface area (Å²) in [6.45, 7) is 4.30. The van der Waals surface area contributed by atoms with Gasteiger partial charge in [-0.05, 0) is 23.6 Å². The van der Waals surface area contributed by atoms with E-state index in [1.165, 1.54) is 6.07 Å². The van der Waals surface area contributed by atoms with Crippen molar-refractivity contribution in [2.75, 3.05) is 6.54 Å². The third kappa shape index (κ3) is 4.15. The summed E-state index contributed by atoms with van der Waals surface area (Å²) in [6, 6.07) is 2.22. The van der Waals surface area contributed by atoms with E-state index in [0.29, 0.717) is 6.54 Å². The minimum absolute atomic E-state index is 0.0222. The van der Waals surface area contributed by atoms with Crippen LogP contribution in [0.5, 0.6) is 0 Å². The minimum Gasteiger partial charge on any atom is -0.326 e. The Hall–Kier alpha value is -0.690. The molecule has 1 aromatic rings. The predicted octanol–water partition coefficient (Wildman–Crippen LogP) is 2.65. The predicted molar refractivity (Wildman–Crippen MR) is 78.6 cm³/mol. The summed E-state index contributed by atoms with van der Waals surface area (Å²) in [5.41, 5.74) is 5.70. The second-order valence-electron chi connectivity index (χ2n) is 4.62. The summed E-state index contributed by atoms with van der Waals surface area (Å²) in [6.07, 6.45) is 1.75. The molecule has 114 valence electrons. The molecule has 0 atom stereocenters. The molecule has 0 saturated heterocycles. The average molecular weight is 323 g/mol. The maximum absolute atomic E-state index is 13.6. The molecule has 7 heteroatoms. The van der Waals surface area contributed by atoms with Gasteiger partial charge < -0.3 is 5.73 Å². The zero-order valence-electron chi connectivity index (χ0n) is 11.6. The average Bonchev–Trinajstić information content (AvgIpc) is 2.42. The molecular weight excluding hydrogens is 303 g/mol. The quantitative estimate of drug-likeness (QED) is 0.810. The molecule has 3 N–H and O–H groups in total. The van der Waals surface area contributed by atoms with Crippen LogP contribution in [-0.4, -0.2) is 15.0 Å². The van der Waals surface area contributed by atoms with E-state index in [-0.39, 0.29) is 27.9 Å². The lowest BCUT2D eigenvalue weighted by molar-refractivity contribution is 0.478. The molecule has 0 bridgehead atoms. The van der Waals surface area contributed by atoms with Crippen molar-refractivity contribution in [1.82, 2.24) is 4.72 Å². The number of sulfonamides is 1. The molecule has 0 aliphatic carbocycles. The number of hydrogen-bond acceptors (Lipinski definition) is 3. The highest BCUT2D eigenvalue weighted by atomic mass is 35.5. The molecule has 1 rings (SSSR count). The Morgan fingerprint density at radius 2 is 1.95 bits per heavy atom. The Morgan fingerprint density at radius 1 is 1.35 bits per heavy atom. The highest BCUT2D eigenvalue weighted by molar-refractivity contribution is 7.89. The summed E-state index contributed by atoms with van der Waals surface area (Å²) in [7, 11) is -3.75. The van der Waals surface area contributed by atoms with Gasteiger partial charge in [0.05, 0.1) is 9.92 Å². The Kier molecular flexibility index (Phi) is 6.39. The molecule has 0 amide bonds. The van der Waals surface area contributed by atoms with E-state index in [1.807, 2.05) is 13.8 Å². The molecule has 0 saturated carbocycles. The Morgan fingerprint density at radius 3 is 2.45 bits per heavy atom. The Labute approximate surface area is 124 Å². The number of nitrogens with one attached hydrogen (secondary N) is 1. The molecular formula is C13H20ClFN2O2S. The maximum Gasteiger partial charge on any atom is 0.240 e. The first-order valence-corrected chi connectivity index (χ1v) is 8.39. The topological polar surface area (TPSA) is 72.2 Å².